The predicted molar refractivity (Wildman–Crippen MR) is 96.0 cm³/mol. The van der Waals surface area contributed by atoms with E-state index in [-0.39, 0.29) is 11.8 Å². The van der Waals surface area contributed by atoms with Gasteiger partial charge in [-0.1, -0.05) is 42.0 Å². The van der Waals surface area contributed by atoms with Crippen molar-refractivity contribution in [1.29, 1.82) is 0 Å². The maximum atomic E-state index is 12.4. The van der Waals surface area contributed by atoms with Crippen molar-refractivity contribution in [2.75, 3.05) is 0 Å². The molecule has 1 atom stereocenters. The number of hydrogen-bond donors (Lipinski definition) is 1. The highest BCUT2D eigenvalue weighted by Gasteiger charge is 2.18. The molecule has 0 aromatic heterocycles. The highest BCUT2D eigenvalue weighted by Crippen LogP contribution is 2.22. The first-order valence-electron chi connectivity index (χ1n) is 7.81. The molecule has 2 aromatic carbocycles. The molecule has 23 heavy (non-hydrogen) atoms. The van der Waals surface area contributed by atoms with Crippen molar-refractivity contribution in [3.63, 3.8) is 0 Å². The molecule has 3 nitrogen and oxygen atoms in total. The van der Waals surface area contributed by atoms with E-state index in [9.17, 15) is 8.42 Å². The SMILES string of the molecule is Cc1ccc(CS(=O)(=O)N[C@H](C)c2cc(C)c(C)cc2C)cc1. The number of rotatable bonds is 5. The first-order chi connectivity index (χ1) is 10.7. The molecular formula is C19H25NO2S. The third-order valence-electron chi connectivity index (χ3n) is 4.18. The lowest BCUT2D eigenvalue weighted by Gasteiger charge is -2.18. The number of benzene rings is 2. The predicted octanol–water partition coefficient (Wildman–Crippen LogP) is 4.10. The Kier molecular flexibility index (Phi) is 5.27. The average Bonchev–Trinajstić information content (AvgIpc) is 2.44. The summed E-state index contributed by atoms with van der Waals surface area (Å²) < 4.78 is 27.6. The minimum atomic E-state index is -3.38. The first kappa shape index (κ1) is 17.7. The van der Waals surface area contributed by atoms with Gasteiger partial charge in [0, 0.05) is 6.04 Å². The Balaban J connectivity index is 2.16. The van der Waals surface area contributed by atoms with E-state index in [0.717, 1.165) is 22.3 Å². The van der Waals surface area contributed by atoms with Gasteiger partial charge < -0.3 is 0 Å². The molecule has 0 radical (unpaired) electrons. The fourth-order valence-corrected chi connectivity index (χ4v) is 4.11. The van der Waals surface area contributed by atoms with Crippen LogP contribution in [0.4, 0.5) is 0 Å². The summed E-state index contributed by atoms with van der Waals surface area (Å²) in [6, 6.07) is 11.5. The number of hydrogen-bond acceptors (Lipinski definition) is 2. The Bertz CT molecular complexity index is 793. The molecule has 0 heterocycles. The Morgan fingerprint density at radius 3 is 2.09 bits per heavy atom. The van der Waals surface area contributed by atoms with Gasteiger partial charge in [-0.2, -0.15) is 0 Å². The molecule has 0 fully saturated rings. The van der Waals surface area contributed by atoms with Crippen LogP contribution in [0.2, 0.25) is 0 Å². The van der Waals surface area contributed by atoms with Crippen molar-refractivity contribution in [3.8, 4) is 0 Å². The normalized spacial score (nSPS) is 13.1. The largest absolute Gasteiger partial charge is 0.216 e. The van der Waals surface area contributed by atoms with Crippen molar-refractivity contribution in [1.82, 2.24) is 4.72 Å². The average molecular weight is 331 g/mol. The van der Waals surface area contributed by atoms with Gasteiger partial charge in [0.25, 0.3) is 0 Å². The number of sulfonamides is 1. The molecule has 4 heteroatoms. The van der Waals surface area contributed by atoms with Crippen LogP contribution < -0.4 is 4.72 Å². The zero-order valence-corrected chi connectivity index (χ0v) is 15.3. The van der Waals surface area contributed by atoms with Crippen LogP contribution in [-0.4, -0.2) is 8.42 Å². The molecule has 2 aromatic rings. The smallest absolute Gasteiger partial charge is 0.212 e. The Labute approximate surface area is 139 Å². The minimum Gasteiger partial charge on any atom is -0.212 e. The van der Waals surface area contributed by atoms with Crippen molar-refractivity contribution in [3.05, 3.63) is 69.8 Å². The van der Waals surface area contributed by atoms with Crippen LogP contribution in [0.25, 0.3) is 0 Å². The van der Waals surface area contributed by atoms with Crippen LogP contribution >= 0.6 is 0 Å². The third kappa shape index (κ3) is 4.66. The zero-order chi connectivity index (χ0) is 17.2. The van der Waals surface area contributed by atoms with E-state index < -0.39 is 10.0 Å². The van der Waals surface area contributed by atoms with E-state index in [0.29, 0.717) is 0 Å². The molecule has 2 rings (SSSR count). The van der Waals surface area contributed by atoms with Crippen LogP contribution in [-0.2, 0) is 15.8 Å². The van der Waals surface area contributed by atoms with Crippen molar-refractivity contribution < 1.29 is 8.42 Å². The van der Waals surface area contributed by atoms with Crippen molar-refractivity contribution in [2.24, 2.45) is 0 Å². The second-order valence-corrected chi connectivity index (χ2v) is 8.13. The van der Waals surface area contributed by atoms with Gasteiger partial charge in [0.15, 0.2) is 0 Å². The Morgan fingerprint density at radius 2 is 1.48 bits per heavy atom. The molecule has 0 aliphatic rings. The fraction of sp³-hybridized carbons (Fsp3) is 0.368. The Morgan fingerprint density at radius 1 is 0.913 bits per heavy atom. The van der Waals surface area contributed by atoms with E-state index >= 15 is 0 Å². The quantitative estimate of drug-likeness (QED) is 0.896. The van der Waals surface area contributed by atoms with Crippen molar-refractivity contribution in [2.45, 2.75) is 46.4 Å². The highest BCUT2D eigenvalue weighted by molar-refractivity contribution is 7.88. The summed E-state index contributed by atoms with van der Waals surface area (Å²) in [6.07, 6.45) is 0. The highest BCUT2D eigenvalue weighted by atomic mass is 32.2. The van der Waals surface area contributed by atoms with Crippen LogP contribution in [0.5, 0.6) is 0 Å². The number of nitrogens with one attached hydrogen (secondary N) is 1. The second-order valence-electron chi connectivity index (χ2n) is 6.38. The maximum Gasteiger partial charge on any atom is 0.216 e. The van der Waals surface area contributed by atoms with Gasteiger partial charge in [0.05, 0.1) is 5.75 Å². The summed E-state index contributed by atoms with van der Waals surface area (Å²) in [5.74, 6) is 0.00150. The van der Waals surface area contributed by atoms with Crippen LogP contribution in [0.3, 0.4) is 0 Å². The van der Waals surface area contributed by atoms with E-state index in [4.69, 9.17) is 0 Å². The lowest BCUT2D eigenvalue weighted by Crippen LogP contribution is -2.28. The van der Waals surface area contributed by atoms with Gasteiger partial charge in [-0.05, 0) is 62.4 Å². The zero-order valence-electron chi connectivity index (χ0n) is 14.5. The lowest BCUT2D eigenvalue weighted by atomic mass is 9.97. The lowest BCUT2D eigenvalue weighted by molar-refractivity contribution is 0.565. The molecule has 0 unspecified atom stereocenters. The minimum absolute atomic E-state index is 0.00150. The fourth-order valence-electron chi connectivity index (χ4n) is 2.73. The van der Waals surface area contributed by atoms with Crippen molar-refractivity contribution >= 4 is 10.0 Å². The molecule has 0 aliphatic heterocycles. The van der Waals surface area contributed by atoms with Gasteiger partial charge in [-0.15, -0.1) is 0 Å². The molecule has 0 amide bonds. The standard InChI is InChI=1S/C19H25NO2S/c1-13-6-8-18(9-7-13)12-23(21,22)20-17(5)19-11-15(3)14(2)10-16(19)4/h6-11,17,20H,12H2,1-5H3/t17-/m1/s1. The van der Waals surface area contributed by atoms with Gasteiger partial charge in [0.1, 0.15) is 0 Å². The van der Waals surface area contributed by atoms with Crippen LogP contribution in [0.15, 0.2) is 36.4 Å². The van der Waals surface area contributed by atoms with Gasteiger partial charge in [-0.25, -0.2) is 13.1 Å². The summed E-state index contributed by atoms with van der Waals surface area (Å²) in [5.41, 5.74) is 6.46. The van der Waals surface area contributed by atoms with E-state index in [1.54, 1.807) is 0 Å². The molecule has 0 aliphatic carbocycles. The summed E-state index contributed by atoms with van der Waals surface area (Å²) in [4.78, 5) is 0. The second kappa shape index (κ2) is 6.85. The molecule has 0 saturated heterocycles. The van der Waals surface area contributed by atoms with E-state index in [1.165, 1.54) is 11.1 Å². The van der Waals surface area contributed by atoms with E-state index in [1.807, 2.05) is 52.0 Å². The summed E-state index contributed by atoms with van der Waals surface area (Å²) >= 11 is 0. The van der Waals surface area contributed by atoms with Crippen LogP contribution in [0.1, 0.15) is 46.3 Å². The first-order valence-corrected chi connectivity index (χ1v) is 9.46. The van der Waals surface area contributed by atoms with Gasteiger partial charge in [0.2, 0.25) is 10.0 Å². The summed E-state index contributed by atoms with van der Waals surface area (Å²) in [5, 5.41) is 0. The molecule has 1 N–H and O–H groups in total. The molecule has 0 spiro atoms. The summed E-state index contributed by atoms with van der Waals surface area (Å²) in [6.45, 7) is 10.0. The molecule has 124 valence electrons. The molecule has 0 bridgehead atoms. The topological polar surface area (TPSA) is 46.2 Å². The van der Waals surface area contributed by atoms with E-state index in [2.05, 4.69) is 23.8 Å². The van der Waals surface area contributed by atoms with Gasteiger partial charge >= 0.3 is 0 Å². The van der Waals surface area contributed by atoms with Gasteiger partial charge in [-0.3, -0.25) is 0 Å². The number of aryl methyl sites for hydroxylation is 4. The Hall–Kier alpha value is -1.65. The molecular weight excluding hydrogens is 306 g/mol. The monoisotopic (exact) mass is 331 g/mol. The van der Waals surface area contributed by atoms with Crippen LogP contribution in [0, 0.1) is 27.7 Å². The molecule has 0 saturated carbocycles. The summed E-state index contributed by atoms with van der Waals surface area (Å²) in [7, 11) is -3.38. The third-order valence-corrected chi connectivity index (χ3v) is 5.61. The maximum absolute atomic E-state index is 12.4.